The van der Waals surface area contributed by atoms with E-state index < -0.39 is 12.0 Å². The summed E-state index contributed by atoms with van der Waals surface area (Å²) in [5.41, 5.74) is 17.8. The van der Waals surface area contributed by atoms with Crippen LogP contribution in [0.25, 0.3) is 0 Å². The van der Waals surface area contributed by atoms with E-state index in [0.717, 1.165) is 44.6 Å². The van der Waals surface area contributed by atoms with Crippen LogP contribution in [0.5, 0.6) is 0 Å². The van der Waals surface area contributed by atoms with Crippen molar-refractivity contribution in [2.24, 2.45) is 22.2 Å². The Morgan fingerprint density at radius 3 is 2.19 bits per heavy atom. The lowest BCUT2D eigenvalue weighted by molar-refractivity contribution is -0.138. The SMILES string of the molecule is CCC(=O)N(c1ccccc1)C1CCN(CCc2ccccc2)CC1.NC(N)=NCCC[C@H](N)C(=O)O. The molecule has 0 unspecified atom stereocenters. The molecule has 37 heavy (non-hydrogen) atoms. The molecule has 1 amide bonds. The van der Waals surface area contributed by atoms with Gasteiger partial charge in [-0.2, -0.15) is 0 Å². The van der Waals surface area contributed by atoms with Crippen LogP contribution in [0.15, 0.2) is 65.7 Å². The lowest BCUT2D eigenvalue weighted by Gasteiger charge is -2.38. The average molecular weight is 511 g/mol. The molecule has 1 fully saturated rings. The minimum atomic E-state index is -1.00. The van der Waals surface area contributed by atoms with E-state index >= 15 is 0 Å². The van der Waals surface area contributed by atoms with Gasteiger partial charge in [-0.1, -0.05) is 55.5 Å². The zero-order valence-corrected chi connectivity index (χ0v) is 21.8. The highest BCUT2D eigenvalue weighted by molar-refractivity contribution is 5.93. The minimum Gasteiger partial charge on any atom is -0.480 e. The maximum Gasteiger partial charge on any atom is 0.320 e. The van der Waals surface area contributed by atoms with Crippen LogP contribution in [0, 0.1) is 0 Å². The van der Waals surface area contributed by atoms with E-state index in [0.29, 0.717) is 31.8 Å². The third-order valence-electron chi connectivity index (χ3n) is 6.37. The summed E-state index contributed by atoms with van der Waals surface area (Å²) in [5, 5.41) is 8.38. The number of amides is 1. The number of aliphatic imine (C=N–C) groups is 1. The molecule has 1 aliphatic heterocycles. The Balaban J connectivity index is 0.000000341. The van der Waals surface area contributed by atoms with Gasteiger partial charge in [0.05, 0.1) is 0 Å². The number of likely N-dealkylation sites (tertiary alicyclic amines) is 1. The van der Waals surface area contributed by atoms with Crippen molar-refractivity contribution >= 4 is 23.5 Å². The van der Waals surface area contributed by atoms with E-state index in [4.69, 9.17) is 22.3 Å². The van der Waals surface area contributed by atoms with Gasteiger partial charge in [-0.15, -0.1) is 0 Å². The fourth-order valence-corrected chi connectivity index (χ4v) is 4.29. The first-order chi connectivity index (χ1) is 17.8. The monoisotopic (exact) mass is 510 g/mol. The molecule has 1 heterocycles. The fraction of sp³-hybridized carbons (Fsp3) is 0.464. The second-order valence-corrected chi connectivity index (χ2v) is 9.15. The molecule has 1 saturated heterocycles. The van der Waals surface area contributed by atoms with E-state index in [2.05, 4.69) is 52.4 Å². The number of guanidine groups is 1. The summed E-state index contributed by atoms with van der Waals surface area (Å²) in [7, 11) is 0. The van der Waals surface area contributed by atoms with Crippen LogP contribution in [0.4, 0.5) is 5.69 Å². The molecule has 3 rings (SSSR count). The van der Waals surface area contributed by atoms with Gasteiger partial charge in [0.1, 0.15) is 6.04 Å². The number of nitrogens with two attached hydrogens (primary N) is 3. The first-order valence-electron chi connectivity index (χ1n) is 13.0. The molecule has 1 aliphatic rings. The summed E-state index contributed by atoms with van der Waals surface area (Å²) in [6.07, 6.45) is 4.72. The maximum atomic E-state index is 12.5. The van der Waals surface area contributed by atoms with E-state index in [1.54, 1.807) is 0 Å². The number of carboxylic acid groups (broad SMARTS) is 1. The molecule has 0 aromatic heterocycles. The van der Waals surface area contributed by atoms with E-state index in [9.17, 15) is 9.59 Å². The molecule has 0 radical (unpaired) electrons. The quantitative estimate of drug-likeness (QED) is 0.206. The van der Waals surface area contributed by atoms with Crippen molar-refractivity contribution in [3.05, 3.63) is 66.2 Å². The maximum absolute atomic E-state index is 12.5. The van der Waals surface area contributed by atoms with E-state index in [-0.39, 0.29) is 11.9 Å². The molecule has 0 spiro atoms. The summed E-state index contributed by atoms with van der Waals surface area (Å²) < 4.78 is 0. The van der Waals surface area contributed by atoms with Crippen molar-refractivity contribution in [1.29, 1.82) is 0 Å². The number of anilines is 1. The highest BCUT2D eigenvalue weighted by Gasteiger charge is 2.28. The predicted molar refractivity (Wildman–Crippen MR) is 149 cm³/mol. The lowest BCUT2D eigenvalue weighted by Crippen LogP contribution is -2.47. The number of benzene rings is 2. The standard InChI is InChI=1S/C22H28N2O.C6H14N4O2/c1-2-22(25)24(20-11-7-4-8-12-20)21-14-17-23(18-15-21)16-13-19-9-5-3-6-10-19;7-4(5(11)12)2-1-3-10-6(8)9/h3-12,21H,2,13-18H2,1H3;4H,1-3,7H2,(H,11,12)(H4,8,9,10)/t;4-/m.0/s1. The second-order valence-electron chi connectivity index (χ2n) is 9.15. The number of piperidine rings is 1. The Bertz CT molecular complexity index is 958. The van der Waals surface area contributed by atoms with Gasteiger partial charge in [0, 0.05) is 44.3 Å². The van der Waals surface area contributed by atoms with Gasteiger partial charge in [0.25, 0.3) is 0 Å². The van der Waals surface area contributed by atoms with Crippen LogP contribution in [-0.4, -0.2) is 66.1 Å². The zero-order chi connectivity index (χ0) is 27.0. The fourth-order valence-electron chi connectivity index (χ4n) is 4.29. The normalized spacial score (nSPS) is 14.6. The summed E-state index contributed by atoms with van der Waals surface area (Å²) in [5.74, 6) is -0.757. The van der Waals surface area contributed by atoms with Gasteiger partial charge in [-0.05, 0) is 49.8 Å². The molecule has 1 atom stereocenters. The molecular weight excluding hydrogens is 468 g/mol. The topological polar surface area (TPSA) is 151 Å². The summed E-state index contributed by atoms with van der Waals surface area (Å²) in [4.78, 5) is 31.0. The number of carbonyl (C=O) groups excluding carboxylic acids is 1. The van der Waals surface area contributed by atoms with E-state index in [1.165, 1.54) is 5.56 Å². The average Bonchev–Trinajstić information content (AvgIpc) is 2.92. The summed E-state index contributed by atoms with van der Waals surface area (Å²) in [6, 6.07) is 20.3. The molecule has 0 saturated carbocycles. The molecule has 9 nitrogen and oxygen atoms in total. The largest absolute Gasteiger partial charge is 0.480 e. The van der Waals surface area contributed by atoms with Gasteiger partial charge in [0.2, 0.25) is 5.91 Å². The van der Waals surface area contributed by atoms with Crippen molar-refractivity contribution in [3.63, 3.8) is 0 Å². The lowest BCUT2D eigenvalue weighted by atomic mass is 10.0. The van der Waals surface area contributed by atoms with Crippen LogP contribution in [0.2, 0.25) is 0 Å². The summed E-state index contributed by atoms with van der Waals surface area (Å²) >= 11 is 0. The number of hydrogen-bond donors (Lipinski definition) is 4. The number of aliphatic carboxylic acids is 1. The first kappa shape index (κ1) is 29.8. The Morgan fingerprint density at radius 1 is 1.05 bits per heavy atom. The van der Waals surface area contributed by atoms with Crippen molar-refractivity contribution in [3.8, 4) is 0 Å². The number of para-hydroxylation sites is 1. The zero-order valence-electron chi connectivity index (χ0n) is 21.8. The van der Waals surface area contributed by atoms with Gasteiger partial charge >= 0.3 is 5.97 Å². The van der Waals surface area contributed by atoms with Gasteiger partial charge in [0.15, 0.2) is 5.96 Å². The van der Waals surface area contributed by atoms with Gasteiger partial charge in [-0.3, -0.25) is 14.6 Å². The second kappa shape index (κ2) is 16.3. The Kier molecular flexibility index (Phi) is 13.2. The molecule has 2 aromatic rings. The molecule has 9 heteroatoms. The van der Waals surface area contributed by atoms with Gasteiger partial charge in [-0.25, -0.2) is 0 Å². The van der Waals surface area contributed by atoms with Crippen molar-refractivity contribution < 1.29 is 14.7 Å². The highest BCUT2D eigenvalue weighted by Crippen LogP contribution is 2.24. The summed E-state index contributed by atoms with van der Waals surface area (Å²) in [6.45, 7) is 5.61. The predicted octanol–water partition coefficient (Wildman–Crippen LogP) is 2.59. The molecule has 0 aliphatic carbocycles. The highest BCUT2D eigenvalue weighted by atomic mass is 16.4. The Morgan fingerprint density at radius 2 is 1.65 bits per heavy atom. The number of carbonyl (C=O) groups is 2. The smallest absolute Gasteiger partial charge is 0.320 e. The molecule has 202 valence electrons. The minimum absolute atomic E-state index is 0.0129. The Hall–Kier alpha value is -3.43. The van der Waals surface area contributed by atoms with Crippen LogP contribution < -0.4 is 22.1 Å². The van der Waals surface area contributed by atoms with Crippen molar-refractivity contribution in [2.45, 2.75) is 57.5 Å². The van der Waals surface area contributed by atoms with Crippen LogP contribution in [0.1, 0.15) is 44.6 Å². The molecule has 0 bridgehead atoms. The molecule has 7 N–H and O–H groups in total. The van der Waals surface area contributed by atoms with E-state index in [1.807, 2.05) is 30.0 Å². The third-order valence-corrected chi connectivity index (χ3v) is 6.37. The first-order valence-corrected chi connectivity index (χ1v) is 13.0. The third kappa shape index (κ3) is 11.0. The van der Waals surface area contributed by atoms with Crippen LogP contribution in [-0.2, 0) is 16.0 Å². The molecular formula is C28H42N6O3. The number of rotatable bonds is 11. The van der Waals surface area contributed by atoms with Crippen molar-refractivity contribution in [1.82, 2.24) is 4.90 Å². The van der Waals surface area contributed by atoms with Crippen LogP contribution in [0.3, 0.4) is 0 Å². The Labute approximate surface area is 220 Å². The van der Waals surface area contributed by atoms with Crippen molar-refractivity contribution in [2.75, 3.05) is 31.1 Å². The number of hydrogen-bond acceptors (Lipinski definition) is 5. The number of carboxylic acids is 1. The van der Waals surface area contributed by atoms with Gasteiger partial charge < -0.3 is 32.1 Å². The molecule has 2 aromatic carbocycles. The number of nitrogens with zero attached hydrogens (tertiary/aromatic N) is 3. The van der Waals surface area contributed by atoms with Crippen LogP contribution >= 0.6 is 0 Å².